The molecule has 1 heterocycles. The largest absolute Gasteiger partial charge is 0.489 e. The number of benzene rings is 1. The van der Waals surface area contributed by atoms with Gasteiger partial charge in [0.25, 0.3) is 0 Å². The number of halogens is 1. The van der Waals surface area contributed by atoms with Gasteiger partial charge in [0.15, 0.2) is 9.88 Å². The van der Waals surface area contributed by atoms with Gasteiger partial charge in [0.2, 0.25) is 0 Å². The lowest BCUT2D eigenvalue weighted by Gasteiger charge is -2.23. The van der Waals surface area contributed by atoms with Crippen LogP contribution in [0.1, 0.15) is 26.3 Å². The SMILES string of the molecule is CCOC(=O)[C@H](Cc1ccc(OCC2(Br)NC(C)=CS2)cc1)OCC. The third kappa shape index (κ3) is 6.24. The Morgan fingerprint density at radius 3 is 2.56 bits per heavy atom. The summed E-state index contributed by atoms with van der Waals surface area (Å²) in [6.45, 7) is 6.97. The number of ether oxygens (including phenoxy) is 3. The van der Waals surface area contributed by atoms with Crippen molar-refractivity contribution in [1.29, 1.82) is 0 Å². The Hall–Kier alpha value is -1.18. The fourth-order valence-corrected chi connectivity index (χ4v) is 3.84. The highest BCUT2D eigenvalue weighted by Gasteiger charge is 2.31. The van der Waals surface area contributed by atoms with Crippen molar-refractivity contribution < 1.29 is 19.0 Å². The molecule has 1 aromatic carbocycles. The van der Waals surface area contributed by atoms with Crippen LogP contribution < -0.4 is 10.1 Å². The van der Waals surface area contributed by atoms with E-state index in [2.05, 4.69) is 26.7 Å². The topological polar surface area (TPSA) is 56.8 Å². The number of allylic oxidation sites excluding steroid dienone is 1. The van der Waals surface area contributed by atoms with Crippen LogP contribution in [0, 0.1) is 0 Å². The van der Waals surface area contributed by atoms with Crippen molar-refractivity contribution >= 4 is 33.7 Å². The van der Waals surface area contributed by atoms with Gasteiger partial charge in [-0.1, -0.05) is 23.9 Å². The van der Waals surface area contributed by atoms with Crippen LogP contribution in [0.15, 0.2) is 35.4 Å². The zero-order chi connectivity index (χ0) is 18.3. The highest BCUT2D eigenvalue weighted by molar-refractivity contribution is 9.12. The number of carbonyl (C=O) groups excluding carboxylic acids is 1. The van der Waals surface area contributed by atoms with E-state index >= 15 is 0 Å². The van der Waals surface area contributed by atoms with E-state index in [0.29, 0.717) is 26.2 Å². The van der Waals surface area contributed by atoms with Gasteiger partial charge in [-0.3, -0.25) is 0 Å². The second-order valence-corrected chi connectivity index (χ2v) is 8.65. The van der Waals surface area contributed by atoms with E-state index in [1.807, 2.05) is 38.1 Å². The van der Waals surface area contributed by atoms with E-state index in [9.17, 15) is 4.79 Å². The predicted molar refractivity (Wildman–Crippen MR) is 104 cm³/mol. The van der Waals surface area contributed by atoms with Crippen molar-refractivity contribution in [3.05, 3.63) is 40.9 Å². The number of esters is 1. The molecule has 0 bridgehead atoms. The van der Waals surface area contributed by atoms with Crippen LogP contribution in [-0.4, -0.2) is 35.7 Å². The maximum atomic E-state index is 11.9. The molecule has 5 nitrogen and oxygen atoms in total. The van der Waals surface area contributed by atoms with Gasteiger partial charge in [0.1, 0.15) is 12.4 Å². The van der Waals surface area contributed by atoms with Crippen LogP contribution in [-0.2, 0) is 20.7 Å². The van der Waals surface area contributed by atoms with Crippen LogP contribution in [0.4, 0.5) is 0 Å². The molecule has 0 fully saturated rings. The summed E-state index contributed by atoms with van der Waals surface area (Å²) in [6.07, 6.45) is -0.0915. The van der Waals surface area contributed by atoms with E-state index in [0.717, 1.165) is 17.0 Å². The molecular formula is C18H24BrNO4S. The summed E-state index contributed by atoms with van der Waals surface area (Å²) in [7, 11) is 0. The molecule has 1 aliphatic heterocycles. The predicted octanol–water partition coefficient (Wildman–Crippen LogP) is 3.82. The average Bonchev–Trinajstić information content (AvgIpc) is 2.93. The fourth-order valence-electron chi connectivity index (χ4n) is 2.36. The third-order valence-corrected chi connectivity index (χ3v) is 5.55. The Bertz CT molecular complexity index is 608. The Balaban J connectivity index is 1.89. The Labute approximate surface area is 161 Å². The van der Waals surface area contributed by atoms with Crippen molar-refractivity contribution in [3.8, 4) is 5.75 Å². The van der Waals surface area contributed by atoms with Gasteiger partial charge in [-0.25, -0.2) is 4.79 Å². The normalized spacial score (nSPS) is 20.6. The molecule has 25 heavy (non-hydrogen) atoms. The highest BCUT2D eigenvalue weighted by Crippen LogP contribution is 2.37. The Kier molecular flexibility index (Phi) is 7.65. The van der Waals surface area contributed by atoms with Gasteiger partial charge in [0.05, 0.1) is 6.61 Å². The number of alkyl halides is 1. The lowest BCUT2D eigenvalue weighted by atomic mass is 10.1. The maximum Gasteiger partial charge on any atom is 0.335 e. The number of hydrogen-bond donors (Lipinski definition) is 1. The van der Waals surface area contributed by atoms with Crippen LogP contribution in [0.3, 0.4) is 0 Å². The van der Waals surface area contributed by atoms with Crippen LogP contribution in [0.5, 0.6) is 5.75 Å². The zero-order valence-electron chi connectivity index (χ0n) is 14.7. The molecule has 2 rings (SSSR count). The number of rotatable bonds is 9. The number of carbonyl (C=O) groups is 1. The molecule has 0 aromatic heterocycles. The number of nitrogens with one attached hydrogen (secondary N) is 1. The Morgan fingerprint density at radius 1 is 1.28 bits per heavy atom. The molecule has 7 heteroatoms. The highest BCUT2D eigenvalue weighted by atomic mass is 79.9. The average molecular weight is 430 g/mol. The molecule has 138 valence electrons. The lowest BCUT2D eigenvalue weighted by Crippen LogP contribution is -2.36. The van der Waals surface area contributed by atoms with Crippen molar-refractivity contribution in [1.82, 2.24) is 5.32 Å². The summed E-state index contributed by atoms with van der Waals surface area (Å²) in [4.78, 5) is 11.9. The smallest absolute Gasteiger partial charge is 0.335 e. The monoisotopic (exact) mass is 429 g/mol. The van der Waals surface area contributed by atoms with Crippen molar-refractivity contribution in [2.45, 2.75) is 37.1 Å². The molecule has 1 aromatic rings. The van der Waals surface area contributed by atoms with Crippen molar-refractivity contribution in [2.75, 3.05) is 19.8 Å². The summed E-state index contributed by atoms with van der Waals surface area (Å²) < 4.78 is 16.1. The molecule has 0 saturated heterocycles. The van der Waals surface area contributed by atoms with E-state index in [1.165, 1.54) is 0 Å². The standard InChI is InChI=1S/C18H24BrNO4S/c1-4-22-16(17(21)23-5-2)10-14-6-8-15(9-7-14)24-12-18(19)20-13(3)11-25-18/h6-9,11,16,20H,4-5,10,12H2,1-3H3/t16-,18?/m0/s1. The first kappa shape index (κ1) is 20.1. The van der Waals surface area contributed by atoms with Crippen LogP contribution in [0.2, 0.25) is 0 Å². The van der Waals surface area contributed by atoms with Gasteiger partial charge >= 0.3 is 5.97 Å². The van der Waals surface area contributed by atoms with Crippen molar-refractivity contribution in [2.24, 2.45) is 0 Å². The summed E-state index contributed by atoms with van der Waals surface area (Å²) >= 11 is 5.29. The van der Waals surface area contributed by atoms with Gasteiger partial charge in [-0.15, -0.1) is 0 Å². The van der Waals surface area contributed by atoms with Gasteiger partial charge in [-0.2, -0.15) is 0 Å². The minimum absolute atomic E-state index is 0.320. The molecule has 1 N–H and O–H groups in total. The molecule has 2 atom stereocenters. The third-order valence-electron chi connectivity index (χ3n) is 3.49. The van der Waals surface area contributed by atoms with Gasteiger partial charge in [0, 0.05) is 18.7 Å². The first-order valence-corrected chi connectivity index (χ1v) is 9.94. The van der Waals surface area contributed by atoms with Crippen molar-refractivity contribution in [3.63, 3.8) is 0 Å². The molecule has 0 spiro atoms. The van der Waals surface area contributed by atoms with E-state index in [4.69, 9.17) is 14.2 Å². The first-order valence-electron chi connectivity index (χ1n) is 8.27. The maximum absolute atomic E-state index is 11.9. The summed E-state index contributed by atoms with van der Waals surface area (Å²) in [5.41, 5.74) is 2.11. The first-order chi connectivity index (χ1) is 12.0. The van der Waals surface area contributed by atoms with E-state index in [-0.39, 0.29) is 9.75 Å². The van der Waals surface area contributed by atoms with E-state index < -0.39 is 6.10 Å². The molecular weight excluding hydrogens is 406 g/mol. The lowest BCUT2D eigenvalue weighted by molar-refractivity contribution is -0.156. The van der Waals surface area contributed by atoms with E-state index in [1.54, 1.807) is 18.7 Å². The minimum atomic E-state index is -0.573. The summed E-state index contributed by atoms with van der Waals surface area (Å²) in [5, 5.41) is 5.38. The molecule has 0 radical (unpaired) electrons. The molecule has 1 unspecified atom stereocenters. The molecule has 1 aliphatic rings. The minimum Gasteiger partial charge on any atom is -0.489 e. The number of thioether (sulfide) groups is 1. The fraction of sp³-hybridized carbons (Fsp3) is 0.500. The van der Waals surface area contributed by atoms with Gasteiger partial charge in [-0.05, 0) is 59.8 Å². The quantitative estimate of drug-likeness (QED) is 0.365. The summed E-state index contributed by atoms with van der Waals surface area (Å²) in [6, 6.07) is 7.69. The second kappa shape index (κ2) is 9.50. The Morgan fingerprint density at radius 2 is 2.00 bits per heavy atom. The van der Waals surface area contributed by atoms with Crippen LogP contribution in [0.25, 0.3) is 0 Å². The van der Waals surface area contributed by atoms with Crippen LogP contribution >= 0.6 is 27.7 Å². The number of hydrogen-bond acceptors (Lipinski definition) is 6. The summed E-state index contributed by atoms with van der Waals surface area (Å²) in [5.74, 6) is 0.455. The molecule has 0 saturated carbocycles. The molecule has 0 aliphatic carbocycles. The zero-order valence-corrected chi connectivity index (χ0v) is 17.1. The van der Waals surface area contributed by atoms with Gasteiger partial charge < -0.3 is 19.5 Å². The molecule has 0 amide bonds. The second-order valence-electron chi connectivity index (χ2n) is 5.60.